The number of carbonyl (C=O) groups is 1. The number of benzene rings is 2. The number of aliphatic hydroxyl groups excluding tert-OH is 1. The molecule has 1 amide bonds. The lowest BCUT2D eigenvalue weighted by atomic mass is 9.72. The van der Waals surface area contributed by atoms with Gasteiger partial charge in [0.25, 0.3) is 0 Å². The first kappa shape index (κ1) is 26.6. The number of ether oxygens (including phenoxy) is 2. The van der Waals surface area contributed by atoms with Gasteiger partial charge in [-0.15, -0.1) is 19.8 Å². The number of rotatable bonds is 8. The highest BCUT2D eigenvalue weighted by Gasteiger charge is 2.35. The second kappa shape index (κ2) is 11.6. The van der Waals surface area contributed by atoms with Gasteiger partial charge in [0.15, 0.2) is 0 Å². The number of hydrogen-bond donors (Lipinski definition) is 2. The Bertz CT molecular complexity index is 1020. The third-order valence-corrected chi connectivity index (χ3v) is 6.57. The van der Waals surface area contributed by atoms with Gasteiger partial charge < -0.3 is 19.9 Å². The highest BCUT2D eigenvalue weighted by Crippen LogP contribution is 2.47. The Kier molecular flexibility index (Phi) is 8.83. The highest BCUT2D eigenvalue weighted by molar-refractivity contribution is 5.76. The zero-order valence-corrected chi connectivity index (χ0v) is 20.0. The van der Waals surface area contributed by atoms with Gasteiger partial charge in [-0.25, -0.2) is 0 Å². The molecular weight excluding hydrogens is 459 g/mol. The van der Waals surface area contributed by atoms with Crippen molar-refractivity contribution in [3.8, 4) is 22.6 Å². The van der Waals surface area contributed by atoms with E-state index in [1.165, 1.54) is 18.6 Å². The van der Waals surface area contributed by atoms with Gasteiger partial charge in [-0.2, -0.15) is 0 Å². The summed E-state index contributed by atoms with van der Waals surface area (Å²) in [4.78, 5) is 11.0. The van der Waals surface area contributed by atoms with Crippen LogP contribution in [0.3, 0.4) is 0 Å². The molecule has 8 heteroatoms. The maximum Gasteiger partial charge on any atom is 0.573 e. The molecule has 5 nitrogen and oxygen atoms in total. The van der Waals surface area contributed by atoms with E-state index in [9.17, 15) is 23.1 Å². The summed E-state index contributed by atoms with van der Waals surface area (Å²) >= 11 is 0. The smallest absolute Gasteiger partial charge is 0.492 e. The van der Waals surface area contributed by atoms with Crippen molar-refractivity contribution >= 4 is 6.41 Å². The standard InChI is InChI=1S/C24H26F3NO4.C3H6/c1-14(15-3-2-4-15)22(30)21-17(12-28-13-29)11-20(23-19(21)9-10-31-23)16-5-7-18(8-6-16)32-24(25,26)27;1-3-2/h5-8,11,13-15,22,30H,2-4,9-10,12H2,1H3,(H,28,29);3H,1H2,2H3. The molecular formula is C27H32F3NO4. The Labute approximate surface area is 203 Å². The molecule has 35 heavy (non-hydrogen) atoms. The van der Waals surface area contributed by atoms with E-state index in [0.29, 0.717) is 42.2 Å². The van der Waals surface area contributed by atoms with Crippen LogP contribution in [0.15, 0.2) is 43.0 Å². The first-order chi connectivity index (χ1) is 16.7. The van der Waals surface area contributed by atoms with Crippen molar-refractivity contribution in [2.24, 2.45) is 11.8 Å². The Balaban J connectivity index is 0.00000108. The van der Waals surface area contributed by atoms with Gasteiger partial charge in [-0.1, -0.05) is 44.4 Å². The molecule has 2 atom stereocenters. The molecule has 1 aliphatic heterocycles. The summed E-state index contributed by atoms with van der Waals surface area (Å²) in [5, 5.41) is 14.0. The lowest BCUT2D eigenvalue weighted by Crippen LogP contribution is -2.27. The van der Waals surface area contributed by atoms with E-state index in [4.69, 9.17) is 4.74 Å². The topological polar surface area (TPSA) is 67.8 Å². The maximum atomic E-state index is 12.5. The molecule has 2 aromatic carbocycles. The SMILES string of the molecule is C=CC.CC(C1CCC1)C(O)c1c(CNC=O)cc(-c2ccc(OC(F)(F)F)cc2)c2c1CCO2. The van der Waals surface area contributed by atoms with Crippen LogP contribution in [0.2, 0.25) is 0 Å². The molecule has 1 saturated carbocycles. The van der Waals surface area contributed by atoms with Crippen molar-refractivity contribution in [1.29, 1.82) is 0 Å². The molecule has 0 spiro atoms. The summed E-state index contributed by atoms with van der Waals surface area (Å²) in [5.74, 6) is 0.881. The Morgan fingerprint density at radius 2 is 1.94 bits per heavy atom. The molecule has 0 radical (unpaired) electrons. The molecule has 2 aliphatic rings. The lowest BCUT2D eigenvalue weighted by Gasteiger charge is -2.35. The Morgan fingerprint density at radius 3 is 2.49 bits per heavy atom. The fraction of sp³-hybridized carbons (Fsp3) is 0.444. The van der Waals surface area contributed by atoms with E-state index in [2.05, 4.69) is 23.6 Å². The van der Waals surface area contributed by atoms with Crippen LogP contribution >= 0.6 is 0 Å². The van der Waals surface area contributed by atoms with Gasteiger partial charge in [0, 0.05) is 24.1 Å². The lowest BCUT2D eigenvalue weighted by molar-refractivity contribution is -0.274. The number of hydrogen-bond acceptors (Lipinski definition) is 4. The highest BCUT2D eigenvalue weighted by atomic mass is 19.4. The van der Waals surface area contributed by atoms with Gasteiger partial charge in [0.2, 0.25) is 6.41 Å². The number of fused-ring (bicyclic) bond motifs is 1. The predicted octanol–water partition coefficient (Wildman–Crippen LogP) is 6.10. The first-order valence-corrected chi connectivity index (χ1v) is 11.8. The fourth-order valence-corrected chi connectivity index (χ4v) is 4.67. The van der Waals surface area contributed by atoms with E-state index in [1.54, 1.807) is 18.2 Å². The summed E-state index contributed by atoms with van der Waals surface area (Å²) in [6, 6.07) is 7.46. The molecule has 2 aromatic rings. The second-order valence-corrected chi connectivity index (χ2v) is 8.88. The zero-order valence-electron chi connectivity index (χ0n) is 20.0. The zero-order chi connectivity index (χ0) is 25.6. The summed E-state index contributed by atoms with van der Waals surface area (Å²) in [6.07, 6.45) is 0.918. The van der Waals surface area contributed by atoms with Crippen molar-refractivity contribution in [2.45, 2.75) is 58.5 Å². The number of alkyl halides is 3. The average molecular weight is 492 g/mol. The quantitative estimate of drug-likeness (QED) is 0.346. The minimum absolute atomic E-state index is 0.0769. The molecule has 2 N–H and O–H groups in total. The van der Waals surface area contributed by atoms with E-state index in [-0.39, 0.29) is 18.2 Å². The van der Waals surface area contributed by atoms with Crippen LogP contribution in [0.25, 0.3) is 11.1 Å². The van der Waals surface area contributed by atoms with Gasteiger partial charge >= 0.3 is 6.36 Å². The molecule has 190 valence electrons. The molecule has 0 bridgehead atoms. The van der Waals surface area contributed by atoms with Crippen LogP contribution < -0.4 is 14.8 Å². The first-order valence-electron chi connectivity index (χ1n) is 11.8. The molecule has 1 fully saturated rings. The Morgan fingerprint density at radius 1 is 1.29 bits per heavy atom. The van der Waals surface area contributed by atoms with E-state index in [1.807, 2.05) is 13.0 Å². The minimum atomic E-state index is -4.76. The van der Waals surface area contributed by atoms with Crippen molar-refractivity contribution < 1.29 is 32.5 Å². The Hall–Kier alpha value is -3.00. The van der Waals surface area contributed by atoms with Crippen LogP contribution in [0.1, 0.15) is 55.9 Å². The van der Waals surface area contributed by atoms with Crippen LogP contribution in [0.5, 0.6) is 11.5 Å². The average Bonchev–Trinajstić information content (AvgIpc) is 3.25. The summed E-state index contributed by atoms with van der Waals surface area (Å²) < 4.78 is 47.3. The molecule has 1 aliphatic carbocycles. The van der Waals surface area contributed by atoms with Gasteiger partial charge in [0.1, 0.15) is 11.5 Å². The van der Waals surface area contributed by atoms with Crippen LogP contribution in [0, 0.1) is 11.8 Å². The van der Waals surface area contributed by atoms with Gasteiger partial charge in [-0.05, 0) is 53.6 Å². The number of allylic oxidation sites excluding steroid dienone is 1. The van der Waals surface area contributed by atoms with E-state index < -0.39 is 12.5 Å². The summed E-state index contributed by atoms with van der Waals surface area (Å²) in [6.45, 7) is 8.00. The summed E-state index contributed by atoms with van der Waals surface area (Å²) in [5.41, 5.74) is 3.86. The van der Waals surface area contributed by atoms with Crippen LogP contribution in [0.4, 0.5) is 13.2 Å². The van der Waals surface area contributed by atoms with Crippen LogP contribution in [-0.2, 0) is 17.8 Å². The van der Waals surface area contributed by atoms with Crippen molar-refractivity contribution in [3.63, 3.8) is 0 Å². The van der Waals surface area contributed by atoms with Crippen molar-refractivity contribution in [2.75, 3.05) is 6.61 Å². The number of amides is 1. The second-order valence-electron chi connectivity index (χ2n) is 8.88. The van der Waals surface area contributed by atoms with Crippen molar-refractivity contribution in [1.82, 2.24) is 5.32 Å². The van der Waals surface area contributed by atoms with Gasteiger partial charge in [-0.3, -0.25) is 4.79 Å². The maximum absolute atomic E-state index is 12.5. The fourth-order valence-electron chi connectivity index (χ4n) is 4.67. The molecule has 0 aromatic heterocycles. The monoisotopic (exact) mass is 491 g/mol. The minimum Gasteiger partial charge on any atom is -0.492 e. The largest absolute Gasteiger partial charge is 0.573 e. The molecule has 2 unspecified atom stereocenters. The third-order valence-electron chi connectivity index (χ3n) is 6.57. The molecule has 4 rings (SSSR count). The number of nitrogens with one attached hydrogen (secondary N) is 1. The van der Waals surface area contributed by atoms with Crippen molar-refractivity contribution in [3.05, 3.63) is 59.7 Å². The normalized spacial score (nSPS) is 16.5. The number of carbonyl (C=O) groups excluding carboxylic acids is 1. The van der Waals surface area contributed by atoms with E-state index in [0.717, 1.165) is 29.5 Å². The predicted molar refractivity (Wildman–Crippen MR) is 128 cm³/mol. The molecule has 1 heterocycles. The number of halogens is 3. The van der Waals surface area contributed by atoms with E-state index >= 15 is 0 Å². The third kappa shape index (κ3) is 6.36. The number of aliphatic hydroxyl groups is 1. The van der Waals surface area contributed by atoms with Crippen LogP contribution in [-0.4, -0.2) is 24.5 Å². The molecule has 0 saturated heterocycles. The van der Waals surface area contributed by atoms with Gasteiger partial charge in [0.05, 0.1) is 12.7 Å². The summed E-state index contributed by atoms with van der Waals surface area (Å²) in [7, 11) is 0.